The van der Waals surface area contributed by atoms with Gasteiger partial charge in [0.05, 0.1) is 5.69 Å². The molecular weight excluding hydrogens is 102 g/mol. The summed E-state index contributed by atoms with van der Waals surface area (Å²) in [5, 5.41) is 7.50. The third-order valence-electron chi connectivity index (χ3n) is 0.906. The second kappa shape index (κ2) is 1.94. The molecule has 0 unspecified atom stereocenters. The molecule has 0 aliphatic carbocycles. The predicted molar refractivity (Wildman–Crippen MR) is 30.1 cm³/mol. The van der Waals surface area contributed by atoms with Crippen LogP contribution in [0.5, 0.6) is 0 Å². The highest BCUT2D eigenvalue weighted by Gasteiger charge is 1.90. The van der Waals surface area contributed by atoms with Crippen LogP contribution in [0.3, 0.4) is 0 Å². The summed E-state index contributed by atoms with van der Waals surface area (Å²) < 4.78 is 1.67. The summed E-state index contributed by atoms with van der Waals surface area (Å²) in [6.45, 7) is 3.65. The third kappa shape index (κ3) is 0.857. The average molecular weight is 110 g/mol. The van der Waals surface area contributed by atoms with Gasteiger partial charge in [-0.05, 0) is 13.3 Å². The highest BCUT2D eigenvalue weighted by molar-refractivity contribution is 4.92. The summed E-state index contributed by atoms with van der Waals surface area (Å²) in [5.41, 5.74) is 0.938. The van der Waals surface area contributed by atoms with Crippen molar-refractivity contribution in [2.45, 2.75) is 6.42 Å². The van der Waals surface area contributed by atoms with E-state index in [0.29, 0.717) is 6.42 Å². The molecule has 0 aromatic carbocycles. The molecule has 0 fully saturated rings. The minimum Gasteiger partial charge on any atom is -0.255 e. The lowest BCUT2D eigenvalue weighted by molar-refractivity contribution is 0.713. The summed E-state index contributed by atoms with van der Waals surface area (Å²) in [7, 11) is 1.84. The topological polar surface area (TPSA) is 30.7 Å². The van der Waals surface area contributed by atoms with Crippen LogP contribution in [0.1, 0.15) is 5.69 Å². The molecule has 0 spiro atoms. The SMILES string of the molecule is [CH2]Cc1cn(C)nn1. The Morgan fingerprint density at radius 1 is 1.88 bits per heavy atom. The Bertz CT molecular complexity index is 168. The number of hydrogen-bond acceptors (Lipinski definition) is 2. The normalized spacial score (nSPS) is 9.75. The summed E-state index contributed by atoms with van der Waals surface area (Å²) >= 11 is 0. The first-order chi connectivity index (χ1) is 3.83. The standard InChI is InChI=1S/C5H8N3/c1-3-5-4-8(2)7-6-5/h4H,1,3H2,2H3. The zero-order valence-corrected chi connectivity index (χ0v) is 4.83. The Hall–Kier alpha value is -0.860. The molecular formula is C5H8N3. The average Bonchev–Trinajstić information content (AvgIpc) is 2.14. The van der Waals surface area contributed by atoms with Gasteiger partial charge in [0, 0.05) is 13.2 Å². The Balaban J connectivity index is 2.84. The van der Waals surface area contributed by atoms with Crippen LogP contribution in [0.2, 0.25) is 0 Å². The Morgan fingerprint density at radius 3 is 2.88 bits per heavy atom. The Kier molecular flexibility index (Phi) is 1.28. The summed E-state index contributed by atoms with van der Waals surface area (Å²) in [4.78, 5) is 0. The second-order valence-electron chi connectivity index (χ2n) is 1.63. The molecule has 0 saturated carbocycles. The van der Waals surface area contributed by atoms with Gasteiger partial charge in [-0.15, -0.1) is 5.10 Å². The van der Waals surface area contributed by atoms with E-state index in [2.05, 4.69) is 17.2 Å². The van der Waals surface area contributed by atoms with E-state index in [1.54, 1.807) is 4.68 Å². The van der Waals surface area contributed by atoms with E-state index < -0.39 is 0 Å². The molecule has 1 rings (SSSR count). The maximum absolute atomic E-state index is 3.78. The largest absolute Gasteiger partial charge is 0.255 e. The lowest BCUT2D eigenvalue weighted by atomic mass is 10.4. The number of aryl methyl sites for hydroxylation is 1. The van der Waals surface area contributed by atoms with Crippen molar-refractivity contribution in [3.63, 3.8) is 0 Å². The van der Waals surface area contributed by atoms with Gasteiger partial charge in [-0.3, -0.25) is 4.68 Å². The summed E-state index contributed by atoms with van der Waals surface area (Å²) in [5.74, 6) is 0. The summed E-state index contributed by atoms with van der Waals surface area (Å²) in [6, 6.07) is 0. The molecule has 0 aliphatic heterocycles. The van der Waals surface area contributed by atoms with Crippen molar-refractivity contribution in [1.29, 1.82) is 0 Å². The molecule has 3 nitrogen and oxygen atoms in total. The van der Waals surface area contributed by atoms with Crippen LogP contribution >= 0.6 is 0 Å². The molecule has 0 N–H and O–H groups in total. The van der Waals surface area contributed by atoms with Gasteiger partial charge in [0.25, 0.3) is 0 Å². The fourth-order valence-electron chi connectivity index (χ4n) is 0.510. The lowest BCUT2D eigenvalue weighted by Gasteiger charge is -1.78. The van der Waals surface area contributed by atoms with Gasteiger partial charge in [0.2, 0.25) is 0 Å². The van der Waals surface area contributed by atoms with E-state index >= 15 is 0 Å². The van der Waals surface area contributed by atoms with Crippen molar-refractivity contribution in [3.05, 3.63) is 18.8 Å². The molecule has 1 aromatic heterocycles. The van der Waals surface area contributed by atoms with Crippen LogP contribution in [0.4, 0.5) is 0 Å². The molecule has 0 atom stereocenters. The van der Waals surface area contributed by atoms with E-state index in [1.807, 2.05) is 13.2 Å². The highest BCUT2D eigenvalue weighted by atomic mass is 15.4. The molecule has 0 saturated heterocycles. The molecule has 1 heterocycles. The van der Waals surface area contributed by atoms with E-state index in [9.17, 15) is 0 Å². The van der Waals surface area contributed by atoms with E-state index in [-0.39, 0.29) is 0 Å². The molecule has 8 heavy (non-hydrogen) atoms. The maximum Gasteiger partial charge on any atom is 0.0827 e. The predicted octanol–water partition coefficient (Wildman–Crippen LogP) is 0.192. The number of rotatable bonds is 1. The molecule has 43 valence electrons. The number of nitrogens with zero attached hydrogens (tertiary/aromatic N) is 3. The van der Waals surface area contributed by atoms with Crippen LogP contribution in [-0.2, 0) is 13.5 Å². The van der Waals surface area contributed by atoms with Crippen molar-refractivity contribution >= 4 is 0 Å². The molecule has 0 aliphatic rings. The Labute approximate surface area is 48.3 Å². The third-order valence-corrected chi connectivity index (χ3v) is 0.906. The van der Waals surface area contributed by atoms with Gasteiger partial charge in [-0.25, -0.2) is 0 Å². The minimum absolute atomic E-state index is 0.716. The number of aromatic nitrogens is 3. The van der Waals surface area contributed by atoms with Gasteiger partial charge in [0.15, 0.2) is 0 Å². The maximum atomic E-state index is 3.78. The Morgan fingerprint density at radius 2 is 2.62 bits per heavy atom. The fourth-order valence-corrected chi connectivity index (χ4v) is 0.510. The van der Waals surface area contributed by atoms with Crippen molar-refractivity contribution in [3.8, 4) is 0 Å². The van der Waals surface area contributed by atoms with Gasteiger partial charge in [-0.1, -0.05) is 5.21 Å². The van der Waals surface area contributed by atoms with E-state index in [4.69, 9.17) is 0 Å². The van der Waals surface area contributed by atoms with Gasteiger partial charge in [0.1, 0.15) is 0 Å². The minimum atomic E-state index is 0.716. The van der Waals surface area contributed by atoms with Crippen molar-refractivity contribution < 1.29 is 0 Å². The van der Waals surface area contributed by atoms with Crippen LogP contribution in [0.15, 0.2) is 6.20 Å². The molecule has 0 amide bonds. The van der Waals surface area contributed by atoms with E-state index in [1.165, 1.54) is 0 Å². The van der Waals surface area contributed by atoms with Crippen LogP contribution in [0.25, 0.3) is 0 Å². The lowest BCUT2D eigenvalue weighted by Crippen LogP contribution is -1.85. The van der Waals surface area contributed by atoms with Crippen molar-refractivity contribution in [1.82, 2.24) is 15.0 Å². The van der Waals surface area contributed by atoms with Gasteiger partial charge >= 0.3 is 0 Å². The fraction of sp³-hybridized carbons (Fsp3) is 0.400. The quantitative estimate of drug-likeness (QED) is 0.516. The van der Waals surface area contributed by atoms with E-state index in [0.717, 1.165) is 5.69 Å². The van der Waals surface area contributed by atoms with Crippen molar-refractivity contribution in [2.75, 3.05) is 0 Å². The van der Waals surface area contributed by atoms with Gasteiger partial charge in [-0.2, -0.15) is 0 Å². The van der Waals surface area contributed by atoms with Crippen LogP contribution in [-0.4, -0.2) is 15.0 Å². The monoisotopic (exact) mass is 110 g/mol. The van der Waals surface area contributed by atoms with Crippen LogP contribution in [0, 0.1) is 6.92 Å². The van der Waals surface area contributed by atoms with Gasteiger partial charge < -0.3 is 0 Å². The first kappa shape index (κ1) is 5.28. The summed E-state index contributed by atoms with van der Waals surface area (Å²) in [6.07, 6.45) is 2.57. The first-order valence-electron chi connectivity index (χ1n) is 2.47. The zero-order chi connectivity index (χ0) is 5.98. The molecule has 3 heteroatoms. The first-order valence-corrected chi connectivity index (χ1v) is 2.47. The number of hydrogen-bond donors (Lipinski definition) is 0. The second-order valence-corrected chi connectivity index (χ2v) is 1.63. The molecule has 0 bridgehead atoms. The zero-order valence-electron chi connectivity index (χ0n) is 4.83. The highest BCUT2D eigenvalue weighted by Crippen LogP contribution is 1.88. The van der Waals surface area contributed by atoms with Crippen molar-refractivity contribution in [2.24, 2.45) is 7.05 Å². The van der Waals surface area contributed by atoms with Crippen LogP contribution < -0.4 is 0 Å². The smallest absolute Gasteiger partial charge is 0.0827 e. The molecule has 1 aromatic rings. The molecule has 1 radical (unpaired) electrons.